The number of Topliss-reactive ketones (excluding diaryl/α,β-unsaturated/α-hetero) is 2. The Morgan fingerprint density at radius 1 is 1.10 bits per heavy atom. The highest BCUT2D eigenvalue weighted by atomic mass is 79.9. The number of hydrogen-bond acceptors (Lipinski definition) is 4. The second-order valence-corrected chi connectivity index (χ2v) is 7.25. The minimum atomic E-state index is -1.22. The summed E-state index contributed by atoms with van der Waals surface area (Å²) in [6.45, 7) is 6.34. The maximum Gasteiger partial charge on any atom is 0.319 e. The summed E-state index contributed by atoms with van der Waals surface area (Å²) in [5, 5.41) is 0. The summed E-state index contributed by atoms with van der Waals surface area (Å²) in [5.74, 6) is -1.28. The highest BCUT2D eigenvalue weighted by Crippen LogP contribution is 2.41. The lowest BCUT2D eigenvalue weighted by Crippen LogP contribution is -2.58. The molecule has 1 atom stereocenters. The summed E-state index contributed by atoms with van der Waals surface area (Å²) in [6.07, 6.45) is -1.09. The maximum absolute atomic E-state index is 12.6. The molecular weight excluding hydrogens is 336 g/mol. The summed E-state index contributed by atoms with van der Waals surface area (Å²) < 4.78 is 6.16. The number of cyclic esters (lactones) is 1. The van der Waals surface area contributed by atoms with E-state index in [1.807, 2.05) is 0 Å². The number of ether oxygens (including phenoxy) is 1. The number of ketones is 2. The monoisotopic (exact) mass is 352 g/mol. The van der Waals surface area contributed by atoms with Crippen molar-refractivity contribution in [2.24, 2.45) is 10.8 Å². The zero-order valence-electron chi connectivity index (χ0n) is 12.4. The quantitative estimate of drug-likeness (QED) is 0.466. The van der Waals surface area contributed by atoms with Gasteiger partial charge in [0.2, 0.25) is 5.78 Å². The van der Waals surface area contributed by atoms with E-state index in [4.69, 9.17) is 4.74 Å². The molecular formula is C16H17BrO4. The van der Waals surface area contributed by atoms with Gasteiger partial charge in [-0.1, -0.05) is 28.1 Å². The van der Waals surface area contributed by atoms with Gasteiger partial charge in [-0.25, -0.2) is 0 Å². The molecule has 0 N–H and O–H groups in total. The van der Waals surface area contributed by atoms with Gasteiger partial charge in [-0.05, 0) is 39.8 Å². The predicted octanol–water partition coefficient (Wildman–Crippen LogP) is 3.18. The van der Waals surface area contributed by atoms with Crippen LogP contribution in [0.2, 0.25) is 0 Å². The highest BCUT2D eigenvalue weighted by Gasteiger charge is 2.57. The highest BCUT2D eigenvalue weighted by molar-refractivity contribution is 9.10. The summed E-state index contributed by atoms with van der Waals surface area (Å²) in [5.41, 5.74) is -1.86. The number of esters is 1. The fraction of sp³-hybridized carbons (Fsp3) is 0.438. The molecule has 1 aliphatic rings. The van der Waals surface area contributed by atoms with Crippen molar-refractivity contribution in [2.45, 2.75) is 33.8 Å². The molecule has 1 heterocycles. The molecule has 4 nitrogen and oxygen atoms in total. The molecule has 1 saturated heterocycles. The molecule has 0 unspecified atom stereocenters. The molecule has 1 aromatic rings. The van der Waals surface area contributed by atoms with E-state index in [2.05, 4.69) is 15.9 Å². The largest absolute Gasteiger partial charge is 0.452 e. The molecule has 2 rings (SSSR count). The molecule has 0 spiro atoms. The minimum absolute atomic E-state index is 0.276. The third-order valence-corrected chi connectivity index (χ3v) is 4.44. The van der Waals surface area contributed by atoms with E-state index in [9.17, 15) is 14.4 Å². The van der Waals surface area contributed by atoms with Crippen LogP contribution in [0.4, 0.5) is 0 Å². The number of hydrogen-bond donors (Lipinski definition) is 0. The van der Waals surface area contributed by atoms with Gasteiger partial charge in [-0.15, -0.1) is 0 Å². The first kappa shape index (κ1) is 15.9. The Kier molecular flexibility index (Phi) is 3.82. The molecule has 1 aliphatic heterocycles. The van der Waals surface area contributed by atoms with Gasteiger partial charge in [0.1, 0.15) is 5.41 Å². The molecule has 0 aliphatic carbocycles. The molecule has 0 saturated carbocycles. The first-order valence-electron chi connectivity index (χ1n) is 6.64. The van der Waals surface area contributed by atoms with Crippen molar-refractivity contribution in [2.75, 3.05) is 0 Å². The fourth-order valence-corrected chi connectivity index (χ4v) is 2.83. The van der Waals surface area contributed by atoms with Gasteiger partial charge in [-0.2, -0.15) is 0 Å². The number of carbonyl (C=O) groups excluding carboxylic acids is 3. The number of rotatable bonds is 2. The summed E-state index contributed by atoms with van der Waals surface area (Å²) >= 11 is 3.30. The Hall–Kier alpha value is -1.49. The van der Waals surface area contributed by atoms with Crippen LogP contribution in [0.3, 0.4) is 0 Å². The van der Waals surface area contributed by atoms with E-state index in [0.717, 1.165) is 4.47 Å². The Morgan fingerprint density at radius 3 is 2.14 bits per heavy atom. The molecule has 5 heteroatoms. The first-order valence-corrected chi connectivity index (χ1v) is 7.43. The standard InChI is InChI=1S/C16H17BrO4/c1-15(2)12(21-14(20)16(3,4)13(15)19)11(18)9-5-7-10(17)8-6-9/h5-8,12H,1-4H3/t12-/m0/s1. The molecule has 1 fully saturated rings. The van der Waals surface area contributed by atoms with Crippen LogP contribution in [-0.4, -0.2) is 23.6 Å². The van der Waals surface area contributed by atoms with E-state index >= 15 is 0 Å². The molecule has 0 amide bonds. The van der Waals surface area contributed by atoms with Crippen molar-refractivity contribution >= 4 is 33.5 Å². The minimum Gasteiger partial charge on any atom is -0.452 e. The van der Waals surface area contributed by atoms with Gasteiger partial charge >= 0.3 is 5.97 Å². The zero-order valence-corrected chi connectivity index (χ0v) is 14.0. The SMILES string of the molecule is CC1(C)C(=O)O[C@@H](C(=O)c2ccc(Br)cc2)C(C)(C)C1=O. The molecule has 0 aromatic heterocycles. The smallest absolute Gasteiger partial charge is 0.319 e. The third kappa shape index (κ3) is 2.55. The zero-order chi connectivity index (χ0) is 16.0. The van der Waals surface area contributed by atoms with Gasteiger partial charge in [-0.3, -0.25) is 14.4 Å². The van der Waals surface area contributed by atoms with Crippen molar-refractivity contribution in [3.63, 3.8) is 0 Å². The van der Waals surface area contributed by atoms with Crippen LogP contribution in [0.25, 0.3) is 0 Å². The second kappa shape index (κ2) is 5.05. The van der Waals surface area contributed by atoms with Crippen molar-refractivity contribution in [1.29, 1.82) is 0 Å². The topological polar surface area (TPSA) is 60.4 Å². The van der Waals surface area contributed by atoms with Gasteiger partial charge < -0.3 is 4.74 Å². The Bertz CT molecular complexity index is 614. The van der Waals surface area contributed by atoms with Gasteiger partial charge in [0.15, 0.2) is 11.9 Å². The van der Waals surface area contributed by atoms with Gasteiger partial charge in [0, 0.05) is 10.0 Å². The number of halogens is 1. The van der Waals surface area contributed by atoms with Crippen LogP contribution in [-0.2, 0) is 14.3 Å². The summed E-state index contributed by atoms with van der Waals surface area (Å²) in [4.78, 5) is 37.1. The Labute approximate surface area is 132 Å². The summed E-state index contributed by atoms with van der Waals surface area (Å²) in [6, 6.07) is 6.74. The van der Waals surface area contributed by atoms with Crippen LogP contribution in [0.5, 0.6) is 0 Å². The lowest BCUT2D eigenvalue weighted by molar-refractivity contribution is -0.181. The summed E-state index contributed by atoms with van der Waals surface area (Å²) in [7, 11) is 0. The van der Waals surface area contributed by atoms with E-state index in [1.165, 1.54) is 13.8 Å². The molecule has 21 heavy (non-hydrogen) atoms. The average Bonchev–Trinajstić information content (AvgIpc) is 2.42. The van der Waals surface area contributed by atoms with Crippen LogP contribution in [0.15, 0.2) is 28.7 Å². The molecule has 112 valence electrons. The lowest BCUT2D eigenvalue weighted by atomic mass is 9.67. The van der Waals surface area contributed by atoms with Crippen molar-refractivity contribution in [3.8, 4) is 0 Å². The molecule has 0 radical (unpaired) electrons. The molecule has 0 bridgehead atoms. The number of carbonyl (C=O) groups is 3. The van der Waals surface area contributed by atoms with Gasteiger partial charge in [0.05, 0.1) is 5.41 Å². The van der Waals surface area contributed by atoms with Gasteiger partial charge in [0.25, 0.3) is 0 Å². The Balaban J connectivity index is 2.39. The number of benzene rings is 1. The average molecular weight is 353 g/mol. The van der Waals surface area contributed by atoms with Crippen molar-refractivity contribution in [3.05, 3.63) is 34.3 Å². The molecule has 1 aromatic carbocycles. The van der Waals surface area contributed by atoms with Crippen molar-refractivity contribution < 1.29 is 19.1 Å². The predicted molar refractivity (Wildman–Crippen MR) is 80.9 cm³/mol. The first-order chi connectivity index (χ1) is 9.58. The van der Waals surface area contributed by atoms with E-state index in [-0.39, 0.29) is 11.6 Å². The van der Waals surface area contributed by atoms with E-state index < -0.39 is 22.9 Å². The van der Waals surface area contributed by atoms with E-state index in [1.54, 1.807) is 38.1 Å². The van der Waals surface area contributed by atoms with Crippen LogP contribution >= 0.6 is 15.9 Å². The van der Waals surface area contributed by atoms with Crippen LogP contribution in [0.1, 0.15) is 38.1 Å². The normalized spacial score (nSPS) is 23.6. The van der Waals surface area contributed by atoms with E-state index in [0.29, 0.717) is 5.56 Å². The van der Waals surface area contributed by atoms with Crippen LogP contribution in [0, 0.1) is 10.8 Å². The second-order valence-electron chi connectivity index (χ2n) is 6.33. The fourth-order valence-electron chi connectivity index (χ4n) is 2.57. The lowest BCUT2D eigenvalue weighted by Gasteiger charge is -2.42. The Morgan fingerprint density at radius 2 is 1.62 bits per heavy atom. The van der Waals surface area contributed by atoms with Crippen LogP contribution < -0.4 is 0 Å². The maximum atomic E-state index is 12.6. The van der Waals surface area contributed by atoms with Crippen molar-refractivity contribution in [1.82, 2.24) is 0 Å². The third-order valence-electron chi connectivity index (χ3n) is 3.91.